The highest BCUT2D eigenvalue weighted by molar-refractivity contribution is 6.30. The molecule has 0 spiro atoms. The van der Waals surface area contributed by atoms with Crippen molar-refractivity contribution in [2.45, 2.75) is 12.5 Å². The maximum Gasteiger partial charge on any atom is 0.291 e. The van der Waals surface area contributed by atoms with Crippen molar-refractivity contribution in [1.29, 1.82) is 0 Å². The van der Waals surface area contributed by atoms with Crippen LogP contribution in [0.4, 0.5) is 0 Å². The van der Waals surface area contributed by atoms with Gasteiger partial charge in [-0.15, -0.1) is 0 Å². The van der Waals surface area contributed by atoms with E-state index < -0.39 is 23.8 Å². The van der Waals surface area contributed by atoms with E-state index in [0.29, 0.717) is 16.1 Å². The second kappa shape index (κ2) is 10.3. The number of amides is 2. The second-order valence-corrected chi connectivity index (χ2v) is 7.01. The zero-order chi connectivity index (χ0) is 22.2. The molecule has 0 unspecified atom stereocenters. The fourth-order valence-electron chi connectivity index (χ4n) is 2.75. The van der Waals surface area contributed by atoms with Crippen LogP contribution in [0, 0.1) is 0 Å². The monoisotopic (exact) mass is 437 g/mol. The smallest absolute Gasteiger partial charge is 0.291 e. The van der Waals surface area contributed by atoms with E-state index in [-0.39, 0.29) is 17.9 Å². The van der Waals surface area contributed by atoms with E-state index in [4.69, 9.17) is 16.0 Å². The lowest BCUT2D eigenvalue weighted by atomic mass is 10.1. The SMILES string of the molecule is O=C(N[C@@H](Cc1ccccc1)C(=O)[O-])/C(=C/c1ccc(Cl)cc1)NC(=O)c1ccco1. The zero-order valence-corrected chi connectivity index (χ0v) is 17.0. The van der Waals surface area contributed by atoms with E-state index in [0.717, 1.165) is 0 Å². The van der Waals surface area contributed by atoms with Gasteiger partial charge < -0.3 is 25.0 Å². The van der Waals surface area contributed by atoms with Crippen molar-refractivity contribution in [2.75, 3.05) is 0 Å². The normalized spacial score (nSPS) is 12.1. The Kier molecular flexibility index (Phi) is 7.24. The summed E-state index contributed by atoms with van der Waals surface area (Å²) in [6.07, 6.45) is 2.75. The van der Waals surface area contributed by atoms with Crippen molar-refractivity contribution in [3.8, 4) is 0 Å². The van der Waals surface area contributed by atoms with E-state index in [1.165, 1.54) is 24.5 Å². The van der Waals surface area contributed by atoms with Crippen molar-refractivity contribution in [2.24, 2.45) is 0 Å². The summed E-state index contributed by atoms with van der Waals surface area (Å²) in [6, 6.07) is 17.0. The van der Waals surface area contributed by atoms with Gasteiger partial charge >= 0.3 is 0 Å². The average Bonchev–Trinajstić information content (AvgIpc) is 3.30. The van der Waals surface area contributed by atoms with Gasteiger partial charge in [0.05, 0.1) is 18.3 Å². The molecule has 31 heavy (non-hydrogen) atoms. The Bertz CT molecular complexity index is 1080. The Balaban J connectivity index is 1.83. The number of carboxylic acid groups (broad SMARTS) is 1. The predicted molar refractivity (Wildman–Crippen MR) is 113 cm³/mol. The van der Waals surface area contributed by atoms with Crippen LogP contribution in [0.1, 0.15) is 21.7 Å². The molecule has 0 saturated carbocycles. The molecule has 2 amide bonds. The third-order valence-corrected chi connectivity index (χ3v) is 4.54. The van der Waals surface area contributed by atoms with Crippen molar-refractivity contribution < 1.29 is 23.9 Å². The number of carboxylic acids is 1. The summed E-state index contributed by atoms with van der Waals surface area (Å²) in [5.41, 5.74) is 1.12. The lowest BCUT2D eigenvalue weighted by molar-refractivity contribution is -0.308. The Morgan fingerprint density at radius 2 is 1.71 bits per heavy atom. The van der Waals surface area contributed by atoms with Gasteiger partial charge in [-0.1, -0.05) is 54.1 Å². The van der Waals surface area contributed by atoms with Gasteiger partial charge in [-0.3, -0.25) is 9.59 Å². The quantitative estimate of drug-likeness (QED) is 0.525. The van der Waals surface area contributed by atoms with Gasteiger partial charge in [0, 0.05) is 5.02 Å². The number of carbonyl (C=O) groups is 3. The van der Waals surface area contributed by atoms with Crippen LogP contribution in [0.15, 0.2) is 83.1 Å². The number of furan rings is 1. The van der Waals surface area contributed by atoms with Crippen LogP contribution in [0.5, 0.6) is 0 Å². The van der Waals surface area contributed by atoms with Crippen LogP contribution in [-0.2, 0) is 16.0 Å². The summed E-state index contributed by atoms with van der Waals surface area (Å²) < 4.78 is 5.05. The number of carbonyl (C=O) groups excluding carboxylic acids is 3. The highest BCUT2D eigenvalue weighted by Crippen LogP contribution is 2.13. The minimum absolute atomic E-state index is 0.00413. The first-order chi connectivity index (χ1) is 14.9. The second-order valence-electron chi connectivity index (χ2n) is 6.58. The van der Waals surface area contributed by atoms with Crippen LogP contribution in [0.2, 0.25) is 5.02 Å². The summed E-state index contributed by atoms with van der Waals surface area (Å²) >= 11 is 5.89. The summed E-state index contributed by atoms with van der Waals surface area (Å²) in [6.45, 7) is 0. The Morgan fingerprint density at radius 1 is 1.00 bits per heavy atom. The fourth-order valence-corrected chi connectivity index (χ4v) is 2.88. The van der Waals surface area contributed by atoms with Gasteiger partial charge in [0.2, 0.25) is 0 Å². The molecule has 3 aromatic rings. The average molecular weight is 438 g/mol. The molecule has 0 bridgehead atoms. The Labute approximate surface area is 183 Å². The number of aliphatic carboxylic acids is 1. The summed E-state index contributed by atoms with van der Waals surface area (Å²) in [5.74, 6) is -2.90. The summed E-state index contributed by atoms with van der Waals surface area (Å²) in [5, 5.41) is 17.0. The predicted octanol–water partition coefficient (Wildman–Crippen LogP) is 2.18. The molecule has 1 aromatic heterocycles. The summed E-state index contributed by atoms with van der Waals surface area (Å²) in [4.78, 5) is 36.9. The third-order valence-electron chi connectivity index (χ3n) is 4.29. The lowest BCUT2D eigenvalue weighted by Crippen LogP contribution is -2.50. The van der Waals surface area contributed by atoms with Gasteiger partial charge in [-0.25, -0.2) is 0 Å². The molecule has 3 rings (SSSR count). The van der Waals surface area contributed by atoms with Gasteiger partial charge in [0.15, 0.2) is 5.76 Å². The van der Waals surface area contributed by atoms with Crippen molar-refractivity contribution in [3.63, 3.8) is 0 Å². The highest BCUT2D eigenvalue weighted by Gasteiger charge is 2.20. The van der Waals surface area contributed by atoms with Crippen LogP contribution >= 0.6 is 11.6 Å². The van der Waals surface area contributed by atoms with Crippen molar-refractivity contribution in [3.05, 3.63) is 101 Å². The first-order valence-corrected chi connectivity index (χ1v) is 9.68. The molecule has 2 aromatic carbocycles. The number of nitrogens with one attached hydrogen (secondary N) is 2. The number of benzene rings is 2. The maximum atomic E-state index is 12.9. The number of hydrogen-bond acceptors (Lipinski definition) is 5. The van der Waals surface area contributed by atoms with E-state index >= 15 is 0 Å². The fraction of sp³-hybridized carbons (Fsp3) is 0.0870. The number of hydrogen-bond donors (Lipinski definition) is 2. The van der Waals surface area contributed by atoms with E-state index in [1.54, 1.807) is 54.6 Å². The lowest BCUT2D eigenvalue weighted by Gasteiger charge is -2.21. The molecule has 7 nitrogen and oxygen atoms in total. The first kappa shape index (κ1) is 21.9. The molecule has 8 heteroatoms. The van der Waals surface area contributed by atoms with Gasteiger partial charge in [0.25, 0.3) is 11.8 Å². The van der Waals surface area contributed by atoms with Crippen molar-refractivity contribution >= 4 is 35.5 Å². The molecule has 0 aliphatic rings. The molecule has 1 heterocycles. The van der Waals surface area contributed by atoms with Gasteiger partial charge in [-0.05, 0) is 47.9 Å². The van der Waals surface area contributed by atoms with Crippen LogP contribution in [0.3, 0.4) is 0 Å². The van der Waals surface area contributed by atoms with Gasteiger partial charge in [0.1, 0.15) is 5.70 Å². The van der Waals surface area contributed by atoms with Crippen LogP contribution in [-0.4, -0.2) is 23.8 Å². The molecular formula is C23H18ClN2O5-. The maximum absolute atomic E-state index is 12.9. The van der Waals surface area contributed by atoms with Crippen LogP contribution in [0.25, 0.3) is 6.08 Å². The molecule has 2 N–H and O–H groups in total. The molecule has 1 atom stereocenters. The van der Waals surface area contributed by atoms with Gasteiger partial charge in [-0.2, -0.15) is 0 Å². The first-order valence-electron chi connectivity index (χ1n) is 9.30. The molecule has 0 radical (unpaired) electrons. The Morgan fingerprint density at radius 3 is 2.32 bits per heavy atom. The van der Waals surface area contributed by atoms with Crippen LogP contribution < -0.4 is 15.7 Å². The largest absolute Gasteiger partial charge is 0.548 e. The third kappa shape index (κ3) is 6.32. The highest BCUT2D eigenvalue weighted by atomic mass is 35.5. The van der Waals surface area contributed by atoms with E-state index in [2.05, 4.69) is 10.6 Å². The molecule has 0 aliphatic heterocycles. The molecule has 0 saturated heterocycles. The van der Waals surface area contributed by atoms with Crippen molar-refractivity contribution in [1.82, 2.24) is 10.6 Å². The van der Waals surface area contributed by atoms with E-state index in [1.807, 2.05) is 0 Å². The topological polar surface area (TPSA) is 111 Å². The zero-order valence-electron chi connectivity index (χ0n) is 16.2. The standard InChI is InChI=1S/C23H19ClN2O5/c24-17-10-8-16(9-11-17)13-18(25-22(28)20-7-4-12-31-20)21(27)26-19(23(29)30)14-15-5-2-1-3-6-15/h1-13,19H,14H2,(H,25,28)(H,26,27)(H,29,30)/p-1/b18-13-/t19-/m0/s1. The molecule has 158 valence electrons. The minimum atomic E-state index is -1.44. The molecule has 0 fully saturated rings. The van der Waals surface area contributed by atoms with E-state index in [9.17, 15) is 19.5 Å². The molecular weight excluding hydrogens is 420 g/mol. The minimum Gasteiger partial charge on any atom is -0.548 e. The number of rotatable bonds is 8. The number of halogens is 1. The summed E-state index contributed by atoms with van der Waals surface area (Å²) in [7, 11) is 0. The Hall–Kier alpha value is -3.84. The molecule has 0 aliphatic carbocycles.